The Morgan fingerprint density at radius 2 is 2.11 bits per heavy atom. The molecule has 9 nitrogen and oxygen atoms in total. The molecular weight excluding hydrogens is 478 g/mol. The largest absolute Gasteiger partial charge is 0.443 e. The maximum absolute atomic E-state index is 13.2. The zero-order valence-corrected chi connectivity index (χ0v) is 20.2. The summed E-state index contributed by atoms with van der Waals surface area (Å²) >= 11 is 1.31. The van der Waals surface area contributed by atoms with Crippen molar-refractivity contribution < 1.29 is 18.8 Å². The first kappa shape index (κ1) is 22.4. The van der Waals surface area contributed by atoms with Crippen LogP contribution < -0.4 is 5.32 Å². The van der Waals surface area contributed by atoms with E-state index in [2.05, 4.69) is 16.9 Å². The Morgan fingerprint density at radius 3 is 2.86 bits per heavy atom. The number of amides is 2. The minimum atomic E-state index is -0.268. The molecule has 1 N–H and O–H groups in total. The van der Waals surface area contributed by atoms with Crippen LogP contribution in [0.4, 0.5) is 5.95 Å². The summed E-state index contributed by atoms with van der Waals surface area (Å²) in [5.74, 6) is 0.751. The number of nitrogens with zero attached hydrogens (tertiary/aromatic N) is 4. The maximum Gasteiger partial charge on any atom is 0.268 e. The van der Waals surface area contributed by atoms with Crippen molar-refractivity contribution in [2.24, 2.45) is 5.41 Å². The first-order chi connectivity index (χ1) is 17.5. The van der Waals surface area contributed by atoms with Crippen molar-refractivity contribution in [1.82, 2.24) is 19.4 Å². The molecule has 2 amide bonds. The Morgan fingerprint density at radius 1 is 1.25 bits per heavy atom. The molecule has 0 atom stereocenters. The molecule has 2 aliphatic rings. The molecule has 6 rings (SSSR count). The predicted molar refractivity (Wildman–Crippen MR) is 135 cm³/mol. The van der Waals surface area contributed by atoms with Gasteiger partial charge in [-0.25, -0.2) is 9.97 Å². The van der Waals surface area contributed by atoms with Crippen LogP contribution in [0.25, 0.3) is 21.7 Å². The number of aldehydes is 1. The average molecular weight is 502 g/mol. The van der Waals surface area contributed by atoms with Gasteiger partial charge < -0.3 is 13.9 Å². The zero-order chi connectivity index (χ0) is 24.9. The molecule has 1 aliphatic carbocycles. The van der Waals surface area contributed by atoms with Crippen LogP contribution in [0.1, 0.15) is 45.3 Å². The number of imidazole rings is 1. The normalized spacial score (nSPS) is 21.0. The van der Waals surface area contributed by atoms with E-state index in [4.69, 9.17) is 9.40 Å². The molecule has 182 valence electrons. The van der Waals surface area contributed by atoms with E-state index in [0.29, 0.717) is 34.2 Å². The van der Waals surface area contributed by atoms with Gasteiger partial charge in [0, 0.05) is 24.7 Å². The minimum Gasteiger partial charge on any atom is -0.443 e. The molecule has 36 heavy (non-hydrogen) atoms. The number of carbonyl (C=O) groups is 3. The van der Waals surface area contributed by atoms with Crippen LogP contribution in [0.2, 0.25) is 0 Å². The number of nitrogens with one attached hydrogen (secondary N) is 1. The van der Waals surface area contributed by atoms with Crippen molar-refractivity contribution in [3.05, 3.63) is 66.0 Å². The highest BCUT2D eigenvalue weighted by atomic mass is 32.1. The third-order valence-electron chi connectivity index (χ3n) is 7.21. The van der Waals surface area contributed by atoms with Crippen molar-refractivity contribution >= 4 is 46.4 Å². The molecule has 10 heteroatoms. The monoisotopic (exact) mass is 501 g/mol. The van der Waals surface area contributed by atoms with Gasteiger partial charge in [-0.2, -0.15) is 0 Å². The highest BCUT2D eigenvalue weighted by Crippen LogP contribution is 2.55. The van der Waals surface area contributed by atoms with Crippen molar-refractivity contribution in [1.29, 1.82) is 0 Å². The van der Waals surface area contributed by atoms with Crippen LogP contribution in [0.15, 0.2) is 60.0 Å². The smallest absolute Gasteiger partial charge is 0.268 e. The van der Waals surface area contributed by atoms with Crippen LogP contribution in [0.5, 0.6) is 0 Å². The second-order valence-electron chi connectivity index (χ2n) is 9.43. The summed E-state index contributed by atoms with van der Waals surface area (Å²) in [7, 11) is 0. The van der Waals surface area contributed by atoms with Gasteiger partial charge in [0.15, 0.2) is 12.2 Å². The second kappa shape index (κ2) is 8.56. The van der Waals surface area contributed by atoms with Crippen LogP contribution in [-0.2, 0) is 4.79 Å². The maximum atomic E-state index is 13.2. The third-order valence-corrected chi connectivity index (χ3v) is 8.31. The van der Waals surface area contributed by atoms with E-state index < -0.39 is 0 Å². The topological polar surface area (TPSA) is 110 Å². The summed E-state index contributed by atoms with van der Waals surface area (Å²) in [6.07, 6.45) is 7.81. The van der Waals surface area contributed by atoms with Gasteiger partial charge in [-0.3, -0.25) is 19.7 Å². The summed E-state index contributed by atoms with van der Waals surface area (Å²) in [4.78, 5) is 48.5. The first-order valence-electron chi connectivity index (χ1n) is 11.7. The summed E-state index contributed by atoms with van der Waals surface area (Å²) < 4.78 is 7.37. The summed E-state index contributed by atoms with van der Waals surface area (Å²) in [5.41, 5.74) is 2.12. The Balaban J connectivity index is 1.29. The van der Waals surface area contributed by atoms with Gasteiger partial charge in [0.05, 0.1) is 27.0 Å². The molecule has 1 aliphatic heterocycles. The fraction of sp³-hybridized carbons (Fsp3) is 0.269. The molecule has 2 fully saturated rings. The molecule has 0 radical (unpaired) electrons. The van der Waals surface area contributed by atoms with Gasteiger partial charge in [0.25, 0.3) is 5.91 Å². The van der Waals surface area contributed by atoms with E-state index in [1.54, 1.807) is 24.4 Å². The summed E-state index contributed by atoms with van der Waals surface area (Å²) in [5, 5.41) is 2.99. The third kappa shape index (κ3) is 3.74. The lowest BCUT2D eigenvalue weighted by molar-refractivity contribution is -0.125. The number of aromatic nitrogens is 3. The molecule has 4 heterocycles. The van der Waals surface area contributed by atoms with E-state index in [1.807, 2.05) is 21.6 Å². The number of carbonyl (C=O) groups excluding carboxylic acids is 3. The number of benzene rings is 1. The molecule has 1 aromatic carbocycles. The predicted octanol–water partition coefficient (Wildman–Crippen LogP) is 4.56. The SMILES string of the molecule is C=CC(=O)N1CCC2(CC(n3c(NC(=O)c4ccc(-c5cnco5)s4)nc4ccc(C=O)cc43)C2)C1. The number of anilines is 1. The molecule has 4 aromatic rings. The lowest BCUT2D eigenvalue weighted by atomic mass is 9.64. The molecule has 1 saturated heterocycles. The summed E-state index contributed by atoms with van der Waals surface area (Å²) in [6.45, 7) is 5.04. The highest BCUT2D eigenvalue weighted by molar-refractivity contribution is 7.17. The van der Waals surface area contributed by atoms with Gasteiger partial charge in [-0.1, -0.05) is 6.58 Å². The highest BCUT2D eigenvalue weighted by Gasteiger charge is 2.50. The Labute approximate surface area is 210 Å². The molecule has 3 aromatic heterocycles. The van der Waals surface area contributed by atoms with Gasteiger partial charge in [-0.05, 0) is 61.1 Å². The van der Waals surface area contributed by atoms with Crippen LogP contribution in [0.3, 0.4) is 0 Å². The molecule has 0 unspecified atom stereocenters. The van der Waals surface area contributed by atoms with Crippen LogP contribution in [0, 0.1) is 5.41 Å². The Bertz CT molecular complexity index is 1500. The van der Waals surface area contributed by atoms with Crippen LogP contribution in [-0.4, -0.2) is 50.6 Å². The molecular formula is C26H23N5O4S. The number of hydrogen-bond donors (Lipinski definition) is 1. The zero-order valence-electron chi connectivity index (χ0n) is 19.3. The van der Waals surface area contributed by atoms with Crippen molar-refractivity contribution in [3.63, 3.8) is 0 Å². The molecule has 0 bridgehead atoms. The molecule has 1 saturated carbocycles. The number of likely N-dealkylation sites (tertiary alicyclic amines) is 1. The van der Waals surface area contributed by atoms with Crippen LogP contribution >= 0.6 is 11.3 Å². The fourth-order valence-electron chi connectivity index (χ4n) is 5.44. The Kier molecular flexibility index (Phi) is 5.33. The van der Waals surface area contributed by atoms with Crippen molar-refractivity contribution in [2.75, 3.05) is 18.4 Å². The van der Waals surface area contributed by atoms with Crippen molar-refractivity contribution in [3.8, 4) is 10.6 Å². The van der Waals surface area contributed by atoms with Gasteiger partial charge >= 0.3 is 0 Å². The standard InChI is InChI=1S/C26H23N5O4S/c1-2-23(33)30-8-7-26(14-30)10-17(11-26)31-19-9-16(13-32)3-4-18(19)28-25(31)29-24(34)22-6-5-21(36-22)20-12-27-15-35-20/h2-6,9,12-13,15,17H,1,7-8,10-11,14H2,(H,28,29,34). The number of fused-ring (bicyclic) bond motifs is 1. The van der Waals surface area contributed by atoms with E-state index in [9.17, 15) is 14.4 Å². The van der Waals surface area contributed by atoms with E-state index in [-0.39, 0.29) is 23.3 Å². The summed E-state index contributed by atoms with van der Waals surface area (Å²) in [6, 6.07) is 9.00. The molecule has 1 spiro atoms. The Hall–Kier alpha value is -4.05. The van der Waals surface area contributed by atoms with Gasteiger partial charge in [-0.15, -0.1) is 11.3 Å². The second-order valence-corrected chi connectivity index (χ2v) is 10.5. The number of thiophene rings is 1. The first-order valence-corrected chi connectivity index (χ1v) is 12.5. The van der Waals surface area contributed by atoms with E-state index in [0.717, 1.165) is 42.5 Å². The van der Waals surface area contributed by atoms with Crippen molar-refractivity contribution in [2.45, 2.75) is 25.3 Å². The van der Waals surface area contributed by atoms with E-state index in [1.165, 1.54) is 23.8 Å². The van der Waals surface area contributed by atoms with E-state index >= 15 is 0 Å². The minimum absolute atomic E-state index is 0.0346. The van der Waals surface area contributed by atoms with Gasteiger partial charge in [0.2, 0.25) is 11.9 Å². The quantitative estimate of drug-likeness (QED) is 0.306. The lowest BCUT2D eigenvalue weighted by Gasteiger charge is -2.46. The fourth-order valence-corrected chi connectivity index (χ4v) is 6.30. The number of rotatable bonds is 6. The number of oxazole rings is 1. The number of hydrogen-bond acceptors (Lipinski definition) is 7. The van der Waals surface area contributed by atoms with Gasteiger partial charge in [0.1, 0.15) is 6.29 Å². The lowest BCUT2D eigenvalue weighted by Crippen LogP contribution is -2.42. The average Bonchev–Trinajstić information content (AvgIpc) is 3.66.